The molecule has 94 valence electrons. The minimum absolute atomic E-state index is 0.512. The van der Waals surface area contributed by atoms with E-state index in [-0.39, 0.29) is 0 Å². The summed E-state index contributed by atoms with van der Waals surface area (Å²) < 4.78 is 0. The number of benzene rings is 2. The van der Waals surface area contributed by atoms with Crippen LogP contribution in [0.25, 0.3) is 10.8 Å². The number of rotatable bonds is 2. The number of aromatic nitrogens is 1. The molecule has 0 saturated carbocycles. The standard InChI is InChI=1S/C17H16N2/c1-17(18,14-7-3-2-4-8-14)16-9-5-6-13-12-19-11-10-15(13)16/h2-12H,18H2,1H3. The van der Waals surface area contributed by atoms with E-state index in [0.717, 1.165) is 21.9 Å². The van der Waals surface area contributed by atoms with Crippen LogP contribution < -0.4 is 5.73 Å². The van der Waals surface area contributed by atoms with Crippen LogP contribution in [0.15, 0.2) is 67.0 Å². The Balaban J connectivity index is 2.24. The minimum atomic E-state index is -0.512. The molecule has 1 atom stereocenters. The minimum Gasteiger partial charge on any atom is -0.318 e. The van der Waals surface area contributed by atoms with Crippen molar-refractivity contribution in [1.29, 1.82) is 0 Å². The largest absolute Gasteiger partial charge is 0.318 e. The number of fused-ring (bicyclic) bond motifs is 1. The third-order valence-corrected chi connectivity index (χ3v) is 3.61. The van der Waals surface area contributed by atoms with Crippen LogP contribution in [-0.4, -0.2) is 4.98 Å². The fourth-order valence-corrected chi connectivity index (χ4v) is 2.52. The van der Waals surface area contributed by atoms with E-state index in [9.17, 15) is 0 Å². The molecule has 19 heavy (non-hydrogen) atoms. The van der Waals surface area contributed by atoms with Crippen LogP contribution in [0, 0.1) is 0 Å². The molecular formula is C17H16N2. The van der Waals surface area contributed by atoms with Crippen LogP contribution in [0.5, 0.6) is 0 Å². The van der Waals surface area contributed by atoms with Crippen LogP contribution in [0.3, 0.4) is 0 Å². The molecule has 3 aromatic rings. The van der Waals surface area contributed by atoms with Gasteiger partial charge in [0.2, 0.25) is 0 Å². The molecule has 0 aliphatic carbocycles. The Labute approximate surface area is 112 Å². The Morgan fingerprint density at radius 2 is 1.74 bits per heavy atom. The van der Waals surface area contributed by atoms with E-state index in [0.29, 0.717) is 0 Å². The van der Waals surface area contributed by atoms with Gasteiger partial charge in [0.15, 0.2) is 0 Å². The second kappa shape index (κ2) is 4.48. The maximum Gasteiger partial charge on any atom is 0.0643 e. The highest BCUT2D eigenvalue weighted by Crippen LogP contribution is 2.31. The molecule has 0 saturated heterocycles. The predicted molar refractivity (Wildman–Crippen MR) is 78.8 cm³/mol. The second-order valence-electron chi connectivity index (χ2n) is 4.97. The van der Waals surface area contributed by atoms with Crippen molar-refractivity contribution in [3.05, 3.63) is 78.1 Å². The van der Waals surface area contributed by atoms with Crippen molar-refractivity contribution in [2.75, 3.05) is 0 Å². The van der Waals surface area contributed by atoms with E-state index in [1.54, 1.807) is 0 Å². The second-order valence-corrected chi connectivity index (χ2v) is 4.97. The molecular weight excluding hydrogens is 232 g/mol. The Kier molecular flexibility index (Phi) is 2.80. The lowest BCUT2D eigenvalue weighted by Gasteiger charge is -2.27. The van der Waals surface area contributed by atoms with Crippen LogP contribution in [0.4, 0.5) is 0 Å². The third kappa shape index (κ3) is 2.00. The topological polar surface area (TPSA) is 38.9 Å². The molecule has 0 bridgehead atoms. The lowest BCUT2D eigenvalue weighted by Crippen LogP contribution is -2.34. The van der Waals surface area contributed by atoms with Gasteiger partial charge in [-0.2, -0.15) is 0 Å². The molecule has 1 heterocycles. The quantitative estimate of drug-likeness (QED) is 0.754. The van der Waals surface area contributed by atoms with Gasteiger partial charge in [-0.3, -0.25) is 4.98 Å². The zero-order chi connectivity index (χ0) is 13.3. The fourth-order valence-electron chi connectivity index (χ4n) is 2.52. The number of hydrogen-bond donors (Lipinski definition) is 1. The Morgan fingerprint density at radius 3 is 2.53 bits per heavy atom. The molecule has 0 spiro atoms. The van der Waals surface area contributed by atoms with E-state index in [1.807, 2.05) is 42.7 Å². The summed E-state index contributed by atoms with van der Waals surface area (Å²) >= 11 is 0. The first-order valence-corrected chi connectivity index (χ1v) is 6.37. The lowest BCUT2D eigenvalue weighted by molar-refractivity contribution is 0.609. The van der Waals surface area contributed by atoms with Crippen molar-refractivity contribution in [1.82, 2.24) is 4.98 Å². The molecule has 1 unspecified atom stereocenters. The summed E-state index contributed by atoms with van der Waals surface area (Å²) in [4.78, 5) is 4.17. The first kappa shape index (κ1) is 11.9. The van der Waals surface area contributed by atoms with Gasteiger partial charge >= 0.3 is 0 Å². The van der Waals surface area contributed by atoms with Gasteiger partial charge < -0.3 is 5.73 Å². The van der Waals surface area contributed by atoms with E-state index >= 15 is 0 Å². The Morgan fingerprint density at radius 1 is 0.947 bits per heavy atom. The summed E-state index contributed by atoms with van der Waals surface area (Å²) in [7, 11) is 0. The van der Waals surface area contributed by atoms with Gasteiger partial charge in [-0.1, -0.05) is 48.5 Å². The third-order valence-electron chi connectivity index (χ3n) is 3.61. The fraction of sp³-hybridized carbons (Fsp3) is 0.118. The highest BCUT2D eigenvalue weighted by atomic mass is 14.7. The van der Waals surface area contributed by atoms with Crippen molar-refractivity contribution < 1.29 is 0 Å². The number of pyridine rings is 1. The van der Waals surface area contributed by atoms with Gasteiger partial charge in [0.05, 0.1) is 5.54 Å². The summed E-state index contributed by atoms with van der Waals surface area (Å²) in [6, 6.07) is 18.4. The average Bonchev–Trinajstić information content (AvgIpc) is 2.47. The SMILES string of the molecule is CC(N)(c1ccccc1)c1cccc2cnccc12. The van der Waals surface area contributed by atoms with Crippen molar-refractivity contribution in [3.63, 3.8) is 0 Å². The van der Waals surface area contributed by atoms with Crippen LogP contribution >= 0.6 is 0 Å². The number of nitrogens with zero attached hydrogens (tertiary/aromatic N) is 1. The molecule has 2 nitrogen and oxygen atoms in total. The van der Waals surface area contributed by atoms with E-state index in [1.165, 1.54) is 0 Å². The van der Waals surface area contributed by atoms with Gasteiger partial charge in [-0.05, 0) is 29.5 Å². The molecule has 0 radical (unpaired) electrons. The van der Waals surface area contributed by atoms with E-state index in [4.69, 9.17) is 5.73 Å². The van der Waals surface area contributed by atoms with Crippen LogP contribution in [0.2, 0.25) is 0 Å². The molecule has 2 aromatic carbocycles. The maximum absolute atomic E-state index is 6.61. The van der Waals surface area contributed by atoms with Gasteiger partial charge in [-0.15, -0.1) is 0 Å². The molecule has 3 rings (SSSR count). The molecule has 0 amide bonds. The molecule has 0 fully saturated rings. The van der Waals surface area contributed by atoms with Gasteiger partial charge in [0.25, 0.3) is 0 Å². The summed E-state index contributed by atoms with van der Waals surface area (Å²) in [5.41, 5.74) is 8.33. The number of hydrogen-bond acceptors (Lipinski definition) is 2. The van der Waals surface area contributed by atoms with Crippen LogP contribution in [0.1, 0.15) is 18.1 Å². The summed E-state index contributed by atoms with van der Waals surface area (Å²) in [5, 5.41) is 2.28. The first-order chi connectivity index (χ1) is 9.19. The lowest BCUT2D eigenvalue weighted by atomic mass is 9.83. The molecule has 2 N–H and O–H groups in total. The van der Waals surface area contributed by atoms with Crippen molar-refractivity contribution >= 4 is 10.8 Å². The van der Waals surface area contributed by atoms with Gasteiger partial charge in [0.1, 0.15) is 0 Å². The average molecular weight is 248 g/mol. The number of nitrogens with two attached hydrogens (primary N) is 1. The molecule has 1 aromatic heterocycles. The molecule has 2 heteroatoms. The highest BCUT2D eigenvalue weighted by Gasteiger charge is 2.25. The molecule has 0 aliphatic heterocycles. The maximum atomic E-state index is 6.61. The highest BCUT2D eigenvalue weighted by molar-refractivity contribution is 5.86. The Hall–Kier alpha value is -2.19. The van der Waals surface area contributed by atoms with Gasteiger partial charge in [0, 0.05) is 17.8 Å². The molecule has 0 aliphatic rings. The summed E-state index contributed by atoms with van der Waals surface area (Å²) in [6.07, 6.45) is 3.69. The monoisotopic (exact) mass is 248 g/mol. The van der Waals surface area contributed by atoms with E-state index < -0.39 is 5.54 Å². The zero-order valence-electron chi connectivity index (χ0n) is 10.9. The van der Waals surface area contributed by atoms with Crippen molar-refractivity contribution in [3.8, 4) is 0 Å². The predicted octanol–water partition coefficient (Wildman–Crippen LogP) is 3.46. The van der Waals surface area contributed by atoms with E-state index in [2.05, 4.69) is 36.2 Å². The first-order valence-electron chi connectivity index (χ1n) is 6.37. The van der Waals surface area contributed by atoms with Crippen LogP contribution in [-0.2, 0) is 5.54 Å². The normalized spacial score (nSPS) is 14.2. The summed E-state index contributed by atoms with van der Waals surface area (Å²) in [6.45, 7) is 2.05. The Bertz CT molecular complexity index is 697. The smallest absolute Gasteiger partial charge is 0.0643 e. The van der Waals surface area contributed by atoms with Crippen molar-refractivity contribution in [2.45, 2.75) is 12.5 Å². The van der Waals surface area contributed by atoms with Gasteiger partial charge in [-0.25, -0.2) is 0 Å². The van der Waals surface area contributed by atoms with Crippen molar-refractivity contribution in [2.24, 2.45) is 5.73 Å². The zero-order valence-corrected chi connectivity index (χ0v) is 10.9. The summed E-state index contributed by atoms with van der Waals surface area (Å²) in [5.74, 6) is 0.